The molecule has 0 saturated carbocycles. The van der Waals surface area contributed by atoms with E-state index in [1.165, 1.54) is 0 Å². The van der Waals surface area contributed by atoms with Crippen LogP contribution < -0.4 is 15.2 Å². The fourth-order valence-corrected chi connectivity index (χ4v) is 3.22. The monoisotopic (exact) mass is 342 g/mol. The Balaban J connectivity index is 1.71. The van der Waals surface area contributed by atoms with Crippen LogP contribution in [0.4, 0.5) is 5.69 Å². The number of aryl methyl sites for hydroxylation is 1. The van der Waals surface area contributed by atoms with E-state index in [0.29, 0.717) is 12.2 Å². The lowest BCUT2D eigenvalue weighted by Gasteiger charge is -2.31. The van der Waals surface area contributed by atoms with E-state index in [4.69, 9.17) is 9.84 Å². The lowest BCUT2D eigenvalue weighted by atomic mass is 9.98. The Bertz CT molecular complexity index is 815. The average molecular weight is 342 g/mol. The molecule has 2 aromatic rings. The SMILES string of the molecule is CCN(CC1CCc2cc(CC(=O)O)ccc2O1)c1ccc[nH]c1=O. The van der Waals surface area contributed by atoms with E-state index in [9.17, 15) is 9.59 Å². The minimum absolute atomic E-state index is 0.00243. The third kappa shape index (κ3) is 4.02. The van der Waals surface area contributed by atoms with Crippen LogP contribution in [0.2, 0.25) is 0 Å². The van der Waals surface area contributed by atoms with Crippen molar-refractivity contribution in [3.63, 3.8) is 0 Å². The third-order valence-electron chi connectivity index (χ3n) is 4.45. The molecule has 3 rings (SSSR count). The molecule has 1 aromatic carbocycles. The molecule has 1 aromatic heterocycles. The van der Waals surface area contributed by atoms with Crippen molar-refractivity contribution in [1.29, 1.82) is 0 Å². The second kappa shape index (κ2) is 7.42. The van der Waals surface area contributed by atoms with Gasteiger partial charge in [0.05, 0.1) is 13.0 Å². The Labute approximate surface area is 146 Å². The molecule has 0 saturated heterocycles. The summed E-state index contributed by atoms with van der Waals surface area (Å²) in [6, 6.07) is 9.21. The maximum absolute atomic E-state index is 12.0. The largest absolute Gasteiger partial charge is 0.488 e. The molecule has 6 heteroatoms. The Morgan fingerprint density at radius 2 is 2.24 bits per heavy atom. The number of carboxylic acid groups (broad SMARTS) is 1. The number of aromatic amines is 1. The van der Waals surface area contributed by atoms with E-state index >= 15 is 0 Å². The van der Waals surface area contributed by atoms with Crippen LogP contribution in [0.25, 0.3) is 0 Å². The average Bonchev–Trinajstić information content (AvgIpc) is 2.60. The smallest absolute Gasteiger partial charge is 0.307 e. The van der Waals surface area contributed by atoms with Crippen LogP contribution in [-0.4, -0.2) is 35.3 Å². The van der Waals surface area contributed by atoms with Crippen molar-refractivity contribution >= 4 is 11.7 Å². The number of aliphatic carboxylic acids is 1. The Hall–Kier alpha value is -2.76. The maximum atomic E-state index is 12.0. The van der Waals surface area contributed by atoms with E-state index < -0.39 is 5.97 Å². The first-order valence-corrected chi connectivity index (χ1v) is 8.49. The molecule has 1 aliphatic rings. The fourth-order valence-electron chi connectivity index (χ4n) is 3.22. The minimum Gasteiger partial charge on any atom is -0.488 e. The maximum Gasteiger partial charge on any atom is 0.307 e. The first-order valence-electron chi connectivity index (χ1n) is 8.49. The van der Waals surface area contributed by atoms with Crippen molar-refractivity contribution < 1.29 is 14.6 Å². The molecule has 132 valence electrons. The Morgan fingerprint density at radius 1 is 1.40 bits per heavy atom. The van der Waals surface area contributed by atoms with Crippen LogP contribution in [0.3, 0.4) is 0 Å². The van der Waals surface area contributed by atoms with Gasteiger partial charge in [-0.3, -0.25) is 9.59 Å². The number of benzene rings is 1. The summed E-state index contributed by atoms with van der Waals surface area (Å²) in [5.74, 6) is -0.0235. The van der Waals surface area contributed by atoms with Crippen LogP contribution in [0.5, 0.6) is 5.75 Å². The second-order valence-electron chi connectivity index (χ2n) is 6.21. The number of nitrogens with one attached hydrogen (secondary N) is 1. The van der Waals surface area contributed by atoms with E-state index in [0.717, 1.165) is 36.3 Å². The molecule has 1 atom stereocenters. The number of anilines is 1. The van der Waals surface area contributed by atoms with Crippen molar-refractivity contribution in [3.05, 3.63) is 58.0 Å². The Kier molecular flexibility index (Phi) is 5.07. The molecule has 0 spiro atoms. The van der Waals surface area contributed by atoms with Gasteiger partial charge in [-0.25, -0.2) is 0 Å². The highest BCUT2D eigenvalue weighted by Crippen LogP contribution is 2.29. The van der Waals surface area contributed by atoms with Crippen molar-refractivity contribution in [3.8, 4) is 5.75 Å². The summed E-state index contributed by atoms with van der Waals surface area (Å²) in [6.07, 6.45) is 3.33. The number of pyridine rings is 1. The van der Waals surface area contributed by atoms with Crippen LogP contribution in [0.1, 0.15) is 24.5 Å². The number of ether oxygens (including phenoxy) is 1. The lowest BCUT2D eigenvalue weighted by Crippen LogP contribution is -2.39. The summed E-state index contributed by atoms with van der Waals surface area (Å²) in [5, 5.41) is 8.91. The molecule has 0 bridgehead atoms. The highest BCUT2D eigenvalue weighted by molar-refractivity contribution is 5.70. The highest BCUT2D eigenvalue weighted by Gasteiger charge is 2.23. The zero-order chi connectivity index (χ0) is 17.8. The molecule has 2 heterocycles. The molecule has 6 nitrogen and oxygen atoms in total. The summed E-state index contributed by atoms with van der Waals surface area (Å²) in [5.41, 5.74) is 2.39. The van der Waals surface area contributed by atoms with Gasteiger partial charge in [-0.2, -0.15) is 0 Å². The van der Waals surface area contributed by atoms with Gasteiger partial charge < -0.3 is 19.7 Å². The first-order chi connectivity index (χ1) is 12.1. The molecule has 0 fully saturated rings. The van der Waals surface area contributed by atoms with E-state index in [1.807, 2.05) is 36.1 Å². The lowest BCUT2D eigenvalue weighted by molar-refractivity contribution is -0.136. The van der Waals surface area contributed by atoms with Gasteiger partial charge in [0.15, 0.2) is 0 Å². The normalized spacial score (nSPS) is 16.0. The standard InChI is InChI=1S/C19H22N2O4/c1-2-21(16-4-3-9-20-19(16)24)12-15-7-6-14-10-13(11-18(22)23)5-8-17(14)25-15/h3-5,8-10,15H,2,6-7,11-12H2,1H3,(H,20,24)(H,22,23). The first kappa shape index (κ1) is 17.1. The van der Waals surface area contributed by atoms with Gasteiger partial charge in [-0.05, 0) is 49.1 Å². The zero-order valence-electron chi connectivity index (χ0n) is 14.2. The third-order valence-corrected chi connectivity index (χ3v) is 4.45. The molecule has 2 N–H and O–H groups in total. The van der Waals surface area contributed by atoms with E-state index in [-0.39, 0.29) is 18.1 Å². The predicted molar refractivity (Wildman–Crippen MR) is 95.5 cm³/mol. The summed E-state index contributed by atoms with van der Waals surface area (Å²) in [4.78, 5) is 27.6. The number of H-pyrrole nitrogens is 1. The van der Waals surface area contributed by atoms with Gasteiger partial charge in [0.25, 0.3) is 5.56 Å². The predicted octanol–water partition coefficient (Wildman–Crippen LogP) is 2.22. The highest BCUT2D eigenvalue weighted by atomic mass is 16.5. The number of carboxylic acids is 1. The number of hydrogen-bond acceptors (Lipinski definition) is 4. The molecule has 0 amide bonds. The number of carbonyl (C=O) groups is 1. The molecule has 0 aliphatic carbocycles. The van der Waals surface area contributed by atoms with Crippen molar-refractivity contribution in [2.24, 2.45) is 0 Å². The van der Waals surface area contributed by atoms with Crippen molar-refractivity contribution in [2.45, 2.75) is 32.3 Å². The van der Waals surface area contributed by atoms with Crippen molar-refractivity contribution in [2.75, 3.05) is 18.0 Å². The van der Waals surface area contributed by atoms with Crippen LogP contribution >= 0.6 is 0 Å². The van der Waals surface area contributed by atoms with Gasteiger partial charge >= 0.3 is 5.97 Å². The molecule has 1 aliphatic heterocycles. The Morgan fingerprint density at radius 3 is 2.96 bits per heavy atom. The molecule has 25 heavy (non-hydrogen) atoms. The van der Waals surface area contributed by atoms with Gasteiger partial charge in [-0.1, -0.05) is 12.1 Å². The van der Waals surface area contributed by atoms with E-state index in [2.05, 4.69) is 4.98 Å². The van der Waals surface area contributed by atoms with Gasteiger partial charge in [-0.15, -0.1) is 0 Å². The molecule has 1 unspecified atom stereocenters. The summed E-state index contributed by atoms with van der Waals surface area (Å²) in [6.45, 7) is 3.37. The van der Waals surface area contributed by atoms with Gasteiger partial charge in [0.1, 0.15) is 17.5 Å². The van der Waals surface area contributed by atoms with Gasteiger partial charge in [0.2, 0.25) is 0 Å². The van der Waals surface area contributed by atoms with Crippen LogP contribution in [-0.2, 0) is 17.6 Å². The molecular weight excluding hydrogens is 320 g/mol. The number of hydrogen-bond donors (Lipinski definition) is 2. The van der Waals surface area contributed by atoms with Crippen LogP contribution in [0, 0.1) is 0 Å². The number of aromatic nitrogens is 1. The molecule has 0 radical (unpaired) electrons. The molecular formula is C19H22N2O4. The number of likely N-dealkylation sites (N-methyl/N-ethyl adjacent to an activating group) is 1. The summed E-state index contributed by atoms with van der Waals surface area (Å²) >= 11 is 0. The minimum atomic E-state index is -0.832. The summed E-state index contributed by atoms with van der Waals surface area (Å²) in [7, 11) is 0. The number of fused-ring (bicyclic) bond motifs is 1. The van der Waals surface area contributed by atoms with Crippen LogP contribution in [0.15, 0.2) is 41.3 Å². The number of nitrogens with zero attached hydrogens (tertiary/aromatic N) is 1. The summed E-state index contributed by atoms with van der Waals surface area (Å²) < 4.78 is 6.08. The topological polar surface area (TPSA) is 82.6 Å². The fraction of sp³-hybridized carbons (Fsp3) is 0.368. The second-order valence-corrected chi connectivity index (χ2v) is 6.21. The quantitative estimate of drug-likeness (QED) is 0.841. The van der Waals surface area contributed by atoms with Crippen molar-refractivity contribution in [1.82, 2.24) is 4.98 Å². The van der Waals surface area contributed by atoms with E-state index in [1.54, 1.807) is 12.3 Å². The zero-order valence-corrected chi connectivity index (χ0v) is 14.2. The number of rotatable bonds is 6. The van der Waals surface area contributed by atoms with Gasteiger partial charge in [0, 0.05) is 12.7 Å².